The third-order valence-electron chi connectivity index (χ3n) is 5.37. The molecule has 2 aromatic rings. The molecule has 2 fully saturated rings. The number of nitrogens with one attached hydrogen (secondary N) is 1. The lowest BCUT2D eigenvalue weighted by atomic mass is 9.65. The SMILES string of the molecule is CC1(C)C[C@H]2C[C@@](C)(CN2S(=O)(=O)c2ccc3[nH]c(=O)oc3c2)C1. The molecule has 24 heavy (non-hydrogen) atoms. The summed E-state index contributed by atoms with van der Waals surface area (Å²) >= 11 is 0. The van der Waals surface area contributed by atoms with E-state index in [2.05, 4.69) is 25.8 Å². The monoisotopic (exact) mass is 350 g/mol. The van der Waals surface area contributed by atoms with Crippen LogP contribution < -0.4 is 5.76 Å². The Hall–Kier alpha value is -1.60. The van der Waals surface area contributed by atoms with Gasteiger partial charge in [0.15, 0.2) is 5.58 Å². The first-order valence-electron chi connectivity index (χ1n) is 8.23. The summed E-state index contributed by atoms with van der Waals surface area (Å²) < 4.78 is 33.0. The zero-order valence-electron chi connectivity index (χ0n) is 14.1. The van der Waals surface area contributed by atoms with Crippen molar-refractivity contribution in [3.05, 3.63) is 28.7 Å². The van der Waals surface area contributed by atoms with Gasteiger partial charge in [0.1, 0.15) is 0 Å². The number of aromatic amines is 1. The van der Waals surface area contributed by atoms with Gasteiger partial charge in [0, 0.05) is 18.7 Å². The smallest absolute Gasteiger partial charge is 0.408 e. The molecular weight excluding hydrogens is 328 g/mol. The third-order valence-corrected chi connectivity index (χ3v) is 7.26. The summed E-state index contributed by atoms with van der Waals surface area (Å²) in [6.45, 7) is 7.17. The van der Waals surface area contributed by atoms with Crippen LogP contribution in [-0.2, 0) is 10.0 Å². The van der Waals surface area contributed by atoms with Crippen LogP contribution in [0.5, 0.6) is 0 Å². The van der Waals surface area contributed by atoms with Crippen molar-refractivity contribution in [2.24, 2.45) is 10.8 Å². The number of oxazole rings is 1. The number of aromatic nitrogens is 1. The van der Waals surface area contributed by atoms with E-state index >= 15 is 0 Å². The van der Waals surface area contributed by atoms with Crippen LogP contribution in [0.25, 0.3) is 11.1 Å². The highest BCUT2D eigenvalue weighted by Gasteiger charge is 2.53. The van der Waals surface area contributed by atoms with Gasteiger partial charge in [0.2, 0.25) is 10.0 Å². The molecule has 2 heterocycles. The molecule has 0 amide bonds. The Morgan fingerprint density at radius 1 is 1.25 bits per heavy atom. The van der Waals surface area contributed by atoms with E-state index in [4.69, 9.17) is 4.42 Å². The van der Waals surface area contributed by atoms with Crippen molar-refractivity contribution in [2.45, 2.75) is 51.0 Å². The first-order chi connectivity index (χ1) is 11.1. The van der Waals surface area contributed by atoms with Gasteiger partial charge >= 0.3 is 5.76 Å². The lowest BCUT2D eigenvalue weighted by Gasteiger charge is -2.39. The van der Waals surface area contributed by atoms with Crippen LogP contribution in [0.3, 0.4) is 0 Å². The summed E-state index contributed by atoms with van der Waals surface area (Å²) in [7, 11) is -3.61. The Morgan fingerprint density at radius 3 is 2.75 bits per heavy atom. The second-order valence-corrected chi connectivity index (χ2v) is 10.3. The number of benzene rings is 1. The maximum atomic E-state index is 13.2. The number of hydrogen-bond donors (Lipinski definition) is 1. The minimum atomic E-state index is -3.61. The molecule has 2 atom stereocenters. The van der Waals surface area contributed by atoms with E-state index in [9.17, 15) is 13.2 Å². The van der Waals surface area contributed by atoms with E-state index < -0.39 is 15.8 Å². The van der Waals surface area contributed by atoms with Crippen LogP contribution in [0.1, 0.15) is 40.0 Å². The second kappa shape index (κ2) is 4.73. The lowest BCUT2D eigenvalue weighted by Crippen LogP contribution is -2.37. The maximum absolute atomic E-state index is 13.2. The number of rotatable bonds is 2. The Balaban J connectivity index is 1.75. The maximum Gasteiger partial charge on any atom is 0.417 e. The van der Waals surface area contributed by atoms with Gasteiger partial charge in [-0.2, -0.15) is 4.31 Å². The lowest BCUT2D eigenvalue weighted by molar-refractivity contribution is 0.133. The van der Waals surface area contributed by atoms with Crippen LogP contribution in [0.4, 0.5) is 0 Å². The molecule has 2 bridgehead atoms. The average molecular weight is 350 g/mol. The van der Waals surface area contributed by atoms with Gasteiger partial charge < -0.3 is 4.42 Å². The van der Waals surface area contributed by atoms with Gasteiger partial charge in [0.25, 0.3) is 0 Å². The molecule has 1 N–H and O–H groups in total. The Morgan fingerprint density at radius 2 is 2.00 bits per heavy atom. The minimum absolute atomic E-state index is 0.0320. The van der Waals surface area contributed by atoms with E-state index in [0.717, 1.165) is 19.3 Å². The Bertz CT molecular complexity index is 972. The van der Waals surface area contributed by atoms with Crippen LogP contribution in [-0.4, -0.2) is 30.3 Å². The molecule has 1 saturated carbocycles. The van der Waals surface area contributed by atoms with Crippen molar-refractivity contribution in [2.75, 3.05) is 6.54 Å². The van der Waals surface area contributed by atoms with Gasteiger partial charge in [-0.25, -0.2) is 13.2 Å². The molecular formula is C17H22N2O4S. The fraction of sp³-hybridized carbons (Fsp3) is 0.588. The standard InChI is InChI=1S/C17H22N2O4S/c1-16(2)7-11-8-17(3,9-16)10-19(11)24(21,22)12-4-5-13-14(6-12)23-15(20)18-13/h4-6,11H,7-10H2,1-3H3,(H,18,20)/t11-,17+/m0/s1. The van der Waals surface area contributed by atoms with Crippen LogP contribution >= 0.6 is 0 Å². The van der Waals surface area contributed by atoms with Crippen molar-refractivity contribution < 1.29 is 12.8 Å². The fourth-order valence-electron chi connectivity index (χ4n) is 4.91. The van der Waals surface area contributed by atoms with Gasteiger partial charge in [0.05, 0.1) is 10.4 Å². The molecule has 6 nitrogen and oxygen atoms in total. The topological polar surface area (TPSA) is 83.4 Å². The van der Waals surface area contributed by atoms with Crippen molar-refractivity contribution in [3.8, 4) is 0 Å². The van der Waals surface area contributed by atoms with E-state index in [1.807, 2.05) is 0 Å². The summed E-state index contributed by atoms with van der Waals surface area (Å²) in [5.41, 5.74) is 0.964. The minimum Gasteiger partial charge on any atom is -0.408 e. The van der Waals surface area contributed by atoms with Crippen LogP contribution in [0, 0.1) is 10.8 Å². The predicted octanol–water partition coefficient (Wildman–Crippen LogP) is 2.71. The molecule has 1 saturated heterocycles. The molecule has 0 spiro atoms. The largest absolute Gasteiger partial charge is 0.417 e. The van der Waals surface area contributed by atoms with Crippen molar-refractivity contribution >= 4 is 21.1 Å². The second-order valence-electron chi connectivity index (χ2n) is 8.44. The number of H-pyrrole nitrogens is 1. The normalized spacial score (nSPS) is 30.0. The molecule has 7 heteroatoms. The highest BCUT2D eigenvalue weighted by molar-refractivity contribution is 7.89. The fourth-order valence-corrected chi connectivity index (χ4v) is 6.70. The number of hydrogen-bond acceptors (Lipinski definition) is 4. The Kier molecular flexibility index (Phi) is 3.13. The zero-order chi connectivity index (χ0) is 17.3. The van der Waals surface area contributed by atoms with Gasteiger partial charge in [-0.15, -0.1) is 0 Å². The predicted molar refractivity (Wildman–Crippen MR) is 90.3 cm³/mol. The van der Waals surface area contributed by atoms with Crippen LogP contribution in [0.15, 0.2) is 32.3 Å². The first-order valence-corrected chi connectivity index (χ1v) is 9.67. The summed E-state index contributed by atoms with van der Waals surface area (Å²) in [6, 6.07) is 4.61. The molecule has 1 aromatic carbocycles. The molecule has 0 unspecified atom stereocenters. The van der Waals surface area contributed by atoms with Gasteiger partial charge in [-0.3, -0.25) is 4.98 Å². The van der Waals surface area contributed by atoms with Gasteiger partial charge in [-0.05, 0) is 42.2 Å². The highest BCUT2D eigenvalue weighted by Crippen LogP contribution is 2.53. The summed E-state index contributed by atoms with van der Waals surface area (Å²) in [5, 5.41) is 0. The summed E-state index contributed by atoms with van der Waals surface area (Å²) in [5.74, 6) is -0.578. The molecule has 1 aromatic heterocycles. The molecule has 4 rings (SSSR count). The van der Waals surface area contributed by atoms with Crippen molar-refractivity contribution in [1.82, 2.24) is 9.29 Å². The first kappa shape index (κ1) is 15.9. The molecule has 0 radical (unpaired) electrons. The molecule has 1 aliphatic heterocycles. The van der Waals surface area contributed by atoms with E-state index in [0.29, 0.717) is 12.1 Å². The highest BCUT2D eigenvalue weighted by atomic mass is 32.2. The zero-order valence-corrected chi connectivity index (χ0v) is 14.9. The average Bonchev–Trinajstić information content (AvgIpc) is 2.92. The van der Waals surface area contributed by atoms with Crippen molar-refractivity contribution in [3.63, 3.8) is 0 Å². The van der Waals surface area contributed by atoms with Crippen molar-refractivity contribution in [1.29, 1.82) is 0 Å². The molecule has 130 valence electrons. The van der Waals surface area contributed by atoms with Gasteiger partial charge in [-0.1, -0.05) is 20.8 Å². The summed E-state index contributed by atoms with van der Waals surface area (Å²) in [4.78, 5) is 14.0. The molecule has 1 aliphatic carbocycles. The Labute approximate surface area is 140 Å². The van der Waals surface area contributed by atoms with Crippen LogP contribution in [0.2, 0.25) is 0 Å². The van der Waals surface area contributed by atoms with E-state index in [-0.39, 0.29) is 27.4 Å². The summed E-state index contributed by atoms with van der Waals surface area (Å²) in [6.07, 6.45) is 2.83. The van der Waals surface area contributed by atoms with E-state index in [1.165, 1.54) is 6.07 Å². The third kappa shape index (κ3) is 2.41. The number of nitrogens with zero attached hydrogens (tertiary/aromatic N) is 1. The number of fused-ring (bicyclic) bond motifs is 3. The van der Waals surface area contributed by atoms with E-state index in [1.54, 1.807) is 16.4 Å². The quantitative estimate of drug-likeness (QED) is 0.903. The molecule has 2 aliphatic rings. The number of sulfonamides is 1.